The van der Waals surface area contributed by atoms with Crippen LogP contribution in [0.2, 0.25) is 0 Å². The molecule has 7 heteroatoms. The van der Waals surface area contributed by atoms with Crippen molar-refractivity contribution in [1.82, 2.24) is 5.32 Å². The number of rotatable bonds is 6. The van der Waals surface area contributed by atoms with E-state index in [2.05, 4.69) is 10.6 Å². The summed E-state index contributed by atoms with van der Waals surface area (Å²) >= 11 is 0. The van der Waals surface area contributed by atoms with Crippen molar-refractivity contribution in [1.29, 1.82) is 0 Å². The molecule has 2 N–H and O–H groups in total. The Kier molecular flexibility index (Phi) is 6.73. The number of nitrogens with one attached hydrogen (secondary N) is 2. The lowest BCUT2D eigenvalue weighted by atomic mass is 10.1. The summed E-state index contributed by atoms with van der Waals surface area (Å²) in [6.45, 7) is 10.2. The molecule has 31 heavy (non-hydrogen) atoms. The van der Waals surface area contributed by atoms with Crippen LogP contribution in [0.5, 0.6) is 11.5 Å². The van der Waals surface area contributed by atoms with Gasteiger partial charge in [0.05, 0.1) is 6.61 Å². The third-order valence-corrected chi connectivity index (χ3v) is 4.61. The van der Waals surface area contributed by atoms with Crippen LogP contribution >= 0.6 is 0 Å². The Balaban J connectivity index is 1.62. The van der Waals surface area contributed by atoms with Gasteiger partial charge in [-0.1, -0.05) is 0 Å². The highest BCUT2D eigenvalue weighted by atomic mass is 16.6. The Morgan fingerprint density at radius 1 is 1.16 bits per heavy atom. The van der Waals surface area contributed by atoms with E-state index < -0.39 is 11.7 Å². The average Bonchev–Trinajstić information content (AvgIpc) is 3.04. The first-order chi connectivity index (χ1) is 14.6. The molecule has 0 aliphatic carbocycles. The van der Waals surface area contributed by atoms with Crippen molar-refractivity contribution in [2.75, 3.05) is 11.9 Å². The van der Waals surface area contributed by atoms with Gasteiger partial charge in [-0.3, -0.25) is 10.1 Å². The summed E-state index contributed by atoms with van der Waals surface area (Å²) in [5, 5.41) is 5.57. The maximum atomic E-state index is 12.6. The Morgan fingerprint density at radius 3 is 2.52 bits per heavy atom. The zero-order valence-electron chi connectivity index (χ0n) is 18.7. The Bertz CT molecular complexity index is 948. The molecule has 0 radical (unpaired) electrons. The van der Waals surface area contributed by atoms with Crippen LogP contribution < -0.4 is 20.1 Å². The molecule has 1 heterocycles. The van der Waals surface area contributed by atoms with E-state index in [9.17, 15) is 9.59 Å². The summed E-state index contributed by atoms with van der Waals surface area (Å²) in [7, 11) is 0. The number of carbonyl (C=O) groups excluding carboxylic acids is 2. The van der Waals surface area contributed by atoms with Gasteiger partial charge >= 0.3 is 6.09 Å². The maximum Gasteiger partial charge on any atom is 0.412 e. The number of amides is 2. The van der Waals surface area contributed by atoms with Gasteiger partial charge in [0, 0.05) is 35.3 Å². The highest BCUT2D eigenvalue weighted by Crippen LogP contribution is 2.35. The first-order valence-corrected chi connectivity index (χ1v) is 10.5. The van der Waals surface area contributed by atoms with E-state index in [0.29, 0.717) is 24.4 Å². The first kappa shape index (κ1) is 22.5. The average molecular weight is 427 g/mol. The molecule has 2 aromatic rings. The van der Waals surface area contributed by atoms with Gasteiger partial charge in [-0.15, -0.1) is 0 Å². The van der Waals surface area contributed by atoms with Gasteiger partial charge in [0.1, 0.15) is 23.2 Å². The standard InChI is InChI=1S/C24H30N2O5/c1-6-29-20-12-17-11-15(2)30-21(17)13-18(20)14-25-22(27)16-7-9-19(10-8-16)26-23(28)31-24(3,4)5/h7-10,12-13,15H,6,11,14H2,1-5H3,(H,25,27)(H,26,28)/t15-/m1/s1. The maximum absolute atomic E-state index is 12.6. The van der Waals surface area contributed by atoms with Crippen molar-refractivity contribution >= 4 is 17.7 Å². The zero-order valence-corrected chi connectivity index (χ0v) is 18.7. The smallest absolute Gasteiger partial charge is 0.412 e. The normalized spacial score (nSPS) is 14.9. The van der Waals surface area contributed by atoms with Gasteiger partial charge in [0.15, 0.2) is 0 Å². The third-order valence-electron chi connectivity index (χ3n) is 4.61. The molecule has 0 saturated heterocycles. The molecule has 2 aromatic carbocycles. The molecule has 0 bridgehead atoms. The van der Waals surface area contributed by atoms with E-state index in [1.54, 1.807) is 45.0 Å². The van der Waals surface area contributed by atoms with E-state index in [1.807, 2.05) is 26.0 Å². The number of benzene rings is 2. The molecule has 0 unspecified atom stereocenters. The minimum atomic E-state index is -0.578. The van der Waals surface area contributed by atoms with Crippen molar-refractivity contribution in [2.24, 2.45) is 0 Å². The van der Waals surface area contributed by atoms with Gasteiger partial charge in [0.2, 0.25) is 0 Å². The van der Waals surface area contributed by atoms with Gasteiger partial charge in [-0.25, -0.2) is 4.79 Å². The van der Waals surface area contributed by atoms with Crippen LogP contribution in [0.4, 0.5) is 10.5 Å². The number of hydrogen-bond donors (Lipinski definition) is 2. The second kappa shape index (κ2) is 9.29. The minimum Gasteiger partial charge on any atom is -0.494 e. The first-order valence-electron chi connectivity index (χ1n) is 10.5. The highest BCUT2D eigenvalue weighted by molar-refractivity contribution is 5.95. The number of hydrogen-bond acceptors (Lipinski definition) is 5. The molecule has 0 fully saturated rings. The molecule has 1 aliphatic heterocycles. The topological polar surface area (TPSA) is 85.9 Å². The molecule has 0 spiro atoms. The quantitative estimate of drug-likeness (QED) is 0.700. The number of fused-ring (bicyclic) bond motifs is 1. The van der Waals surface area contributed by atoms with Crippen LogP contribution in [0.15, 0.2) is 36.4 Å². The largest absolute Gasteiger partial charge is 0.494 e. The summed E-state index contributed by atoms with van der Waals surface area (Å²) < 4.78 is 16.8. The van der Waals surface area contributed by atoms with Crippen molar-refractivity contribution < 1.29 is 23.8 Å². The van der Waals surface area contributed by atoms with Crippen LogP contribution in [-0.2, 0) is 17.7 Å². The second-order valence-electron chi connectivity index (χ2n) is 8.52. The van der Waals surface area contributed by atoms with Crippen LogP contribution in [0.3, 0.4) is 0 Å². The summed E-state index contributed by atoms with van der Waals surface area (Å²) in [6, 6.07) is 10.6. The SMILES string of the molecule is CCOc1cc2c(cc1CNC(=O)c1ccc(NC(=O)OC(C)(C)C)cc1)O[C@H](C)C2. The molecule has 1 atom stereocenters. The van der Waals surface area contributed by atoms with E-state index in [0.717, 1.165) is 29.0 Å². The fourth-order valence-corrected chi connectivity index (χ4v) is 3.31. The van der Waals surface area contributed by atoms with Crippen molar-refractivity contribution in [2.45, 2.75) is 59.3 Å². The molecular weight excluding hydrogens is 396 g/mol. The van der Waals surface area contributed by atoms with Crippen molar-refractivity contribution in [3.05, 3.63) is 53.1 Å². The lowest BCUT2D eigenvalue weighted by molar-refractivity contribution is 0.0635. The van der Waals surface area contributed by atoms with Crippen LogP contribution in [0.1, 0.15) is 56.1 Å². The fraction of sp³-hybridized carbons (Fsp3) is 0.417. The lowest BCUT2D eigenvalue weighted by Gasteiger charge is -2.19. The van der Waals surface area contributed by atoms with Crippen molar-refractivity contribution in [3.63, 3.8) is 0 Å². The fourth-order valence-electron chi connectivity index (χ4n) is 3.31. The molecule has 0 aromatic heterocycles. The van der Waals surface area contributed by atoms with Crippen LogP contribution in [-0.4, -0.2) is 30.3 Å². The summed E-state index contributed by atoms with van der Waals surface area (Å²) in [5.74, 6) is 1.38. The summed E-state index contributed by atoms with van der Waals surface area (Å²) in [6.07, 6.45) is 0.453. The minimum absolute atomic E-state index is 0.141. The van der Waals surface area contributed by atoms with Gasteiger partial charge < -0.3 is 19.5 Å². The Hall–Kier alpha value is -3.22. The molecule has 3 rings (SSSR count). The Morgan fingerprint density at radius 2 is 1.87 bits per heavy atom. The second-order valence-corrected chi connectivity index (χ2v) is 8.52. The number of ether oxygens (including phenoxy) is 3. The van der Waals surface area contributed by atoms with Crippen LogP contribution in [0, 0.1) is 0 Å². The number of carbonyl (C=O) groups is 2. The summed E-state index contributed by atoms with van der Waals surface area (Å²) in [5.41, 5.74) is 2.45. The molecular formula is C24H30N2O5. The molecule has 1 aliphatic rings. The van der Waals surface area contributed by atoms with Crippen molar-refractivity contribution in [3.8, 4) is 11.5 Å². The zero-order chi connectivity index (χ0) is 22.6. The predicted octanol–water partition coefficient (Wildman–Crippen LogP) is 4.69. The predicted molar refractivity (Wildman–Crippen MR) is 119 cm³/mol. The monoisotopic (exact) mass is 426 g/mol. The summed E-state index contributed by atoms with van der Waals surface area (Å²) in [4.78, 5) is 24.5. The highest BCUT2D eigenvalue weighted by Gasteiger charge is 2.22. The van der Waals surface area contributed by atoms with E-state index in [1.165, 1.54) is 0 Å². The third kappa shape index (κ3) is 6.13. The van der Waals surface area contributed by atoms with E-state index >= 15 is 0 Å². The van der Waals surface area contributed by atoms with E-state index in [-0.39, 0.29) is 12.0 Å². The van der Waals surface area contributed by atoms with Gasteiger partial charge in [-0.2, -0.15) is 0 Å². The molecule has 2 amide bonds. The van der Waals surface area contributed by atoms with Gasteiger partial charge in [-0.05, 0) is 71.0 Å². The molecule has 7 nitrogen and oxygen atoms in total. The Labute approximate surface area is 183 Å². The van der Waals surface area contributed by atoms with E-state index in [4.69, 9.17) is 14.2 Å². The van der Waals surface area contributed by atoms with Crippen LogP contribution in [0.25, 0.3) is 0 Å². The van der Waals surface area contributed by atoms with Gasteiger partial charge in [0.25, 0.3) is 5.91 Å². The lowest BCUT2D eigenvalue weighted by Crippen LogP contribution is -2.27. The molecule has 0 saturated carbocycles. The number of anilines is 1. The molecule has 166 valence electrons.